The molecule has 0 fully saturated rings. The normalized spacial score (nSPS) is 10.8. The predicted molar refractivity (Wildman–Crippen MR) is 107 cm³/mol. The lowest BCUT2D eigenvalue weighted by Crippen LogP contribution is -2.26. The molecule has 4 nitrogen and oxygen atoms in total. The number of ether oxygens (including phenoxy) is 1. The van der Waals surface area contributed by atoms with E-state index in [4.69, 9.17) is 4.74 Å². The van der Waals surface area contributed by atoms with Crippen molar-refractivity contribution in [1.82, 2.24) is 10.3 Å². The lowest BCUT2D eigenvalue weighted by molar-refractivity contribution is 0.0952. The molecule has 0 aliphatic rings. The van der Waals surface area contributed by atoms with Gasteiger partial charge in [0.25, 0.3) is 5.91 Å². The molecule has 2 aromatic carbocycles. The van der Waals surface area contributed by atoms with Gasteiger partial charge in [0.15, 0.2) is 0 Å². The topological polar surface area (TPSA) is 51.2 Å². The van der Waals surface area contributed by atoms with Gasteiger partial charge >= 0.3 is 0 Å². The van der Waals surface area contributed by atoms with Crippen molar-refractivity contribution in [2.45, 2.75) is 19.3 Å². The van der Waals surface area contributed by atoms with Crippen LogP contribution in [0.15, 0.2) is 66.9 Å². The number of rotatable bonds is 8. The van der Waals surface area contributed by atoms with Crippen LogP contribution in [0.5, 0.6) is 5.88 Å². The number of hydrogen-bond donors (Lipinski definition) is 1. The molecular formula is C23H22F2N2O2. The number of carbonyl (C=O) groups is 1. The van der Waals surface area contributed by atoms with Gasteiger partial charge in [-0.15, -0.1) is 0 Å². The molecule has 0 aliphatic carbocycles. The molecule has 1 N–H and O–H groups in total. The maximum absolute atomic E-state index is 13.3. The van der Waals surface area contributed by atoms with E-state index in [9.17, 15) is 13.6 Å². The molecule has 150 valence electrons. The van der Waals surface area contributed by atoms with Crippen LogP contribution in [-0.4, -0.2) is 24.0 Å². The summed E-state index contributed by atoms with van der Waals surface area (Å²) in [5.41, 5.74) is 2.23. The van der Waals surface area contributed by atoms with Gasteiger partial charge in [0, 0.05) is 24.7 Å². The van der Waals surface area contributed by atoms with Crippen LogP contribution in [0.3, 0.4) is 0 Å². The minimum atomic E-state index is -0.317. The third-order valence-electron chi connectivity index (χ3n) is 4.55. The minimum absolute atomic E-state index is 0.102. The van der Waals surface area contributed by atoms with E-state index in [1.165, 1.54) is 30.5 Å². The maximum Gasteiger partial charge on any atom is 0.252 e. The van der Waals surface area contributed by atoms with Crippen LogP contribution < -0.4 is 10.1 Å². The number of nitrogens with zero attached hydrogens (tertiary/aromatic N) is 1. The largest absolute Gasteiger partial charge is 0.478 e. The average Bonchev–Trinajstić information content (AvgIpc) is 2.74. The smallest absolute Gasteiger partial charge is 0.252 e. The fourth-order valence-electron chi connectivity index (χ4n) is 3.10. The zero-order valence-electron chi connectivity index (χ0n) is 16.1. The minimum Gasteiger partial charge on any atom is -0.478 e. The summed E-state index contributed by atoms with van der Waals surface area (Å²) in [6.07, 6.45) is 2.05. The van der Waals surface area contributed by atoms with Crippen LogP contribution >= 0.6 is 0 Å². The SMILES string of the molecule is CCOc1ccc(C(=O)NCCC(c2ccc(F)cc2)c2ccc(F)cc2)cn1. The summed E-state index contributed by atoms with van der Waals surface area (Å²) in [4.78, 5) is 16.5. The van der Waals surface area contributed by atoms with E-state index in [0.717, 1.165) is 11.1 Å². The molecule has 1 amide bonds. The Morgan fingerprint density at radius 2 is 1.55 bits per heavy atom. The highest BCUT2D eigenvalue weighted by Crippen LogP contribution is 2.28. The Morgan fingerprint density at radius 1 is 0.966 bits per heavy atom. The molecule has 29 heavy (non-hydrogen) atoms. The van der Waals surface area contributed by atoms with E-state index in [-0.39, 0.29) is 23.5 Å². The molecule has 0 atom stereocenters. The second-order valence-corrected chi connectivity index (χ2v) is 6.52. The number of benzene rings is 2. The molecule has 0 bridgehead atoms. The standard InChI is InChI=1S/C23H22F2N2O2/c1-2-29-22-12-7-18(15-27-22)23(28)26-14-13-21(16-3-8-19(24)9-4-16)17-5-10-20(25)11-6-17/h3-12,15,21H,2,13-14H2,1H3,(H,26,28). The first kappa shape index (κ1) is 20.5. The Bertz CT molecular complexity index is 881. The molecule has 0 unspecified atom stereocenters. The summed E-state index contributed by atoms with van der Waals surface area (Å²) in [5, 5.41) is 2.88. The first-order valence-electron chi connectivity index (χ1n) is 9.45. The summed E-state index contributed by atoms with van der Waals surface area (Å²) >= 11 is 0. The zero-order chi connectivity index (χ0) is 20.6. The first-order valence-corrected chi connectivity index (χ1v) is 9.45. The second-order valence-electron chi connectivity index (χ2n) is 6.52. The number of aromatic nitrogens is 1. The van der Waals surface area contributed by atoms with Crippen molar-refractivity contribution in [3.63, 3.8) is 0 Å². The van der Waals surface area contributed by atoms with Crippen molar-refractivity contribution in [1.29, 1.82) is 0 Å². The van der Waals surface area contributed by atoms with Crippen LogP contribution in [-0.2, 0) is 0 Å². The Balaban J connectivity index is 1.67. The van der Waals surface area contributed by atoms with Crippen LogP contribution in [0, 0.1) is 11.6 Å². The lowest BCUT2D eigenvalue weighted by atomic mass is 9.88. The van der Waals surface area contributed by atoms with Gasteiger partial charge in [-0.2, -0.15) is 0 Å². The van der Waals surface area contributed by atoms with Crippen LogP contribution in [0.4, 0.5) is 8.78 Å². The van der Waals surface area contributed by atoms with Gasteiger partial charge in [-0.05, 0) is 54.8 Å². The third-order valence-corrected chi connectivity index (χ3v) is 4.55. The molecule has 1 heterocycles. The summed E-state index contributed by atoms with van der Waals surface area (Å²) < 4.78 is 31.9. The van der Waals surface area contributed by atoms with E-state index in [2.05, 4.69) is 10.3 Å². The Hall–Kier alpha value is -3.28. The monoisotopic (exact) mass is 396 g/mol. The molecule has 3 aromatic rings. The summed E-state index contributed by atoms with van der Waals surface area (Å²) in [6.45, 7) is 2.76. The quantitative estimate of drug-likeness (QED) is 0.600. The van der Waals surface area contributed by atoms with Gasteiger partial charge in [-0.3, -0.25) is 4.79 Å². The van der Waals surface area contributed by atoms with Gasteiger partial charge in [0.05, 0.1) is 12.2 Å². The fourth-order valence-corrected chi connectivity index (χ4v) is 3.10. The molecule has 0 spiro atoms. The first-order chi connectivity index (χ1) is 14.1. The van der Waals surface area contributed by atoms with Crippen molar-refractivity contribution >= 4 is 5.91 Å². The Kier molecular flexibility index (Phi) is 6.89. The maximum atomic E-state index is 13.3. The van der Waals surface area contributed by atoms with E-state index in [1.54, 1.807) is 36.4 Å². The number of amides is 1. The van der Waals surface area contributed by atoms with Gasteiger partial charge in [-0.25, -0.2) is 13.8 Å². The number of hydrogen-bond acceptors (Lipinski definition) is 3. The third kappa shape index (κ3) is 5.60. The molecule has 0 aliphatic heterocycles. The average molecular weight is 396 g/mol. The van der Waals surface area contributed by atoms with Crippen LogP contribution in [0.2, 0.25) is 0 Å². The molecule has 1 aromatic heterocycles. The van der Waals surface area contributed by atoms with Gasteiger partial charge in [0.1, 0.15) is 11.6 Å². The van der Waals surface area contributed by atoms with Crippen LogP contribution in [0.25, 0.3) is 0 Å². The van der Waals surface area contributed by atoms with Crippen molar-refractivity contribution < 1.29 is 18.3 Å². The molecule has 0 saturated carbocycles. The van der Waals surface area contributed by atoms with Crippen molar-refractivity contribution in [3.8, 4) is 5.88 Å². The second kappa shape index (κ2) is 9.78. The van der Waals surface area contributed by atoms with Crippen molar-refractivity contribution in [2.75, 3.05) is 13.2 Å². The molecule has 3 rings (SSSR count). The molecular weight excluding hydrogens is 374 g/mol. The summed E-state index contributed by atoms with van der Waals surface area (Å²) in [7, 11) is 0. The van der Waals surface area contributed by atoms with Gasteiger partial charge in [0.2, 0.25) is 5.88 Å². The predicted octanol–water partition coefficient (Wildman–Crippen LogP) is 4.71. The molecule has 0 saturated heterocycles. The summed E-state index contributed by atoms with van der Waals surface area (Å²) in [5.74, 6) is -0.505. The zero-order valence-corrected chi connectivity index (χ0v) is 16.1. The molecule has 6 heteroatoms. The van der Waals surface area contributed by atoms with E-state index < -0.39 is 0 Å². The van der Waals surface area contributed by atoms with Crippen molar-refractivity contribution in [3.05, 3.63) is 95.2 Å². The summed E-state index contributed by atoms with van der Waals surface area (Å²) in [6, 6.07) is 15.7. The Morgan fingerprint density at radius 3 is 2.03 bits per heavy atom. The van der Waals surface area contributed by atoms with E-state index in [0.29, 0.717) is 31.0 Å². The fraction of sp³-hybridized carbons (Fsp3) is 0.217. The number of carbonyl (C=O) groups excluding carboxylic acids is 1. The van der Waals surface area contributed by atoms with Gasteiger partial charge in [-0.1, -0.05) is 24.3 Å². The number of pyridine rings is 1. The number of halogens is 2. The number of nitrogens with one attached hydrogen (secondary N) is 1. The highest BCUT2D eigenvalue weighted by atomic mass is 19.1. The van der Waals surface area contributed by atoms with E-state index >= 15 is 0 Å². The van der Waals surface area contributed by atoms with Crippen LogP contribution in [0.1, 0.15) is 40.7 Å². The molecule has 0 radical (unpaired) electrons. The lowest BCUT2D eigenvalue weighted by Gasteiger charge is -2.18. The highest BCUT2D eigenvalue weighted by molar-refractivity contribution is 5.93. The Labute approximate surface area is 168 Å². The highest BCUT2D eigenvalue weighted by Gasteiger charge is 2.15. The van der Waals surface area contributed by atoms with Crippen molar-refractivity contribution in [2.24, 2.45) is 0 Å². The van der Waals surface area contributed by atoms with Gasteiger partial charge < -0.3 is 10.1 Å². The van der Waals surface area contributed by atoms with E-state index in [1.807, 2.05) is 6.92 Å².